The molecular weight excluding hydrogens is 306 g/mol. The Morgan fingerprint density at radius 2 is 1.88 bits per heavy atom. The number of hydrogen-bond donors (Lipinski definition) is 1. The smallest absolute Gasteiger partial charge is 0.262 e. The van der Waals surface area contributed by atoms with Crippen LogP contribution in [0.5, 0.6) is 11.5 Å². The minimum Gasteiger partial charge on any atom is -0.489 e. The summed E-state index contributed by atoms with van der Waals surface area (Å²) in [4.78, 5) is 12.1. The molecule has 0 spiro atoms. The zero-order valence-corrected chi connectivity index (χ0v) is 14.1. The van der Waals surface area contributed by atoms with Gasteiger partial charge in [0, 0.05) is 6.61 Å². The quantitative estimate of drug-likeness (QED) is 0.716. The lowest BCUT2D eigenvalue weighted by Gasteiger charge is -2.13. The van der Waals surface area contributed by atoms with E-state index in [1.54, 1.807) is 6.07 Å². The molecule has 2 aromatic rings. The van der Waals surface area contributed by atoms with Gasteiger partial charge in [-0.05, 0) is 43.7 Å². The van der Waals surface area contributed by atoms with Gasteiger partial charge in [-0.1, -0.05) is 24.3 Å². The van der Waals surface area contributed by atoms with Gasteiger partial charge < -0.3 is 19.5 Å². The zero-order valence-electron chi connectivity index (χ0n) is 14.1. The molecule has 0 heterocycles. The molecule has 5 nitrogen and oxygen atoms in total. The molecule has 0 aromatic heterocycles. The number of ether oxygens (including phenoxy) is 3. The Balaban J connectivity index is 1.86. The van der Waals surface area contributed by atoms with Crippen molar-refractivity contribution in [3.8, 4) is 11.5 Å². The van der Waals surface area contributed by atoms with Crippen LogP contribution in [0.15, 0.2) is 48.5 Å². The Morgan fingerprint density at radius 1 is 1.04 bits per heavy atom. The number of carbonyl (C=O) groups is 1. The zero-order chi connectivity index (χ0) is 17.2. The lowest BCUT2D eigenvalue weighted by Crippen LogP contribution is -2.20. The van der Waals surface area contributed by atoms with Gasteiger partial charge in [0.15, 0.2) is 6.61 Å². The summed E-state index contributed by atoms with van der Waals surface area (Å²) in [7, 11) is 0. The van der Waals surface area contributed by atoms with Crippen LogP contribution in [0.1, 0.15) is 12.5 Å². The molecule has 2 aromatic carbocycles. The Labute approximate surface area is 142 Å². The van der Waals surface area contributed by atoms with Crippen molar-refractivity contribution in [1.29, 1.82) is 0 Å². The van der Waals surface area contributed by atoms with Crippen molar-refractivity contribution in [3.63, 3.8) is 0 Å². The van der Waals surface area contributed by atoms with Crippen LogP contribution in [-0.4, -0.2) is 32.3 Å². The number of aryl methyl sites for hydroxylation is 1. The summed E-state index contributed by atoms with van der Waals surface area (Å²) < 4.78 is 16.4. The molecule has 0 radical (unpaired) electrons. The first-order valence-corrected chi connectivity index (χ1v) is 7.98. The van der Waals surface area contributed by atoms with Crippen LogP contribution in [0.3, 0.4) is 0 Å². The predicted octanol–water partition coefficient (Wildman–Crippen LogP) is 3.43. The molecule has 0 saturated carbocycles. The molecule has 5 heteroatoms. The van der Waals surface area contributed by atoms with E-state index >= 15 is 0 Å². The molecule has 0 atom stereocenters. The first-order chi connectivity index (χ1) is 11.7. The normalized spacial score (nSPS) is 10.2. The highest BCUT2D eigenvalue weighted by Gasteiger charge is 2.08. The Kier molecular flexibility index (Phi) is 7.11. The van der Waals surface area contributed by atoms with E-state index in [9.17, 15) is 4.79 Å². The number of anilines is 1. The number of carbonyl (C=O) groups excluding carboxylic acids is 1. The predicted molar refractivity (Wildman–Crippen MR) is 93.7 cm³/mol. The van der Waals surface area contributed by atoms with E-state index in [0.717, 1.165) is 5.56 Å². The third kappa shape index (κ3) is 5.93. The molecule has 2 rings (SSSR count). The summed E-state index contributed by atoms with van der Waals surface area (Å²) in [5.74, 6) is 1.05. The molecular formula is C19H23NO4. The van der Waals surface area contributed by atoms with Crippen molar-refractivity contribution in [3.05, 3.63) is 54.1 Å². The average Bonchev–Trinajstić information content (AvgIpc) is 2.58. The van der Waals surface area contributed by atoms with Gasteiger partial charge in [0.2, 0.25) is 0 Å². The molecule has 1 amide bonds. The number of hydrogen-bond acceptors (Lipinski definition) is 4. The van der Waals surface area contributed by atoms with Crippen molar-refractivity contribution in [2.24, 2.45) is 0 Å². The van der Waals surface area contributed by atoms with Crippen LogP contribution in [0.25, 0.3) is 0 Å². The average molecular weight is 329 g/mol. The van der Waals surface area contributed by atoms with Crippen molar-refractivity contribution >= 4 is 11.6 Å². The largest absolute Gasteiger partial charge is 0.489 e. The van der Waals surface area contributed by atoms with Crippen molar-refractivity contribution in [2.45, 2.75) is 13.8 Å². The minimum atomic E-state index is -0.239. The number of rotatable bonds is 9. The first kappa shape index (κ1) is 17.8. The molecule has 1 N–H and O–H groups in total. The fourth-order valence-electron chi connectivity index (χ4n) is 2.09. The summed E-state index contributed by atoms with van der Waals surface area (Å²) in [6, 6.07) is 14.9. The van der Waals surface area contributed by atoms with Crippen LogP contribution >= 0.6 is 0 Å². The van der Waals surface area contributed by atoms with Crippen LogP contribution in [0.2, 0.25) is 0 Å². The molecule has 24 heavy (non-hydrogen) atoms. The summed E-state index contributed by atoms with van der Waals surface area (Å²) >= 11 is 0. The van der Waals surface area contributed by atoms with E-state index in [2.05, 4.69) is 5.32 Å². The molecule has 128 valence electrons. The highest BCUT2D eigenvalue weighted by molar-refractivity contribution is 5.93. The lowest BCUT2D eigenvalue weighted by atomic mass is 10.2. The van der Waals surface area contributed by atoms with Gasteiger partial charge in [0.1, 0.15) is 18.1 Å². The Hall–Kier alpha value is -2.53. The highest BCUT2D eigenvalue weighted by atomic mass is 16.5. The second kappa shape index (κ2) is 9.57. The van der Waals surface area contributed by atoms with E-state index in [0.29, 0.717) is 37.0 Å². The topological polar surface area (TPSA) is 56.8 Å². The molecule has 0 saturated heterocycles. The standard InChI is InChI=1S/C19H23NO4/c1-3-22-11-12-23-18-10-5-4-9-17(18)20-19(21)14-24-16-8-6-7-15(2)13-16/h4-10,13H,3,11-12,14H2,1-2H3,(H,20,21). The summed E-state index contributed by atoms with van der Waals surface area (Å²) in [6.07, 6.45) is 0. The first-order valence-electron chi connectivity index (χ1n) is 7.98. The molecule has 0 aliphatic carbocycles. The van der Waals surface area contributed by atoms with E-state index in [1.807, 2.05) is 56.3 Å². The maximum Gasteiger partial charge on any atom is 0.262 e. The Morgan fingerprint density at radius 3 is 2.67 bits per heavy atom. The molecule has 0 bridgehead atoms. The summed E-state index contributed by atoms with van der Waals surface area (Å²) in [5.41, 5.74) is 1.70. The van der Waals surface area contributed by atoms with Crippen molar-refractivity contribution < 1.29 is 19.0 Å². The van der Waals surface area contributed by atoms with Gasteiger partial charge in [-0.2, -0.15) is 0 Å². The number of amides is 1. The van der Waals surface area contributed by atoms with Gasteiger partial charge in [-0.25, -0.2) is 0 Å². The maximum absolute atomic E-state index is 12.1. The number of para-hydroxylation sites is 2. The monoisotopic (exact) mass is 329 g/mol. The molecule has 0 aliphatic heterocycles. The number of benzene rings is 2. The lowest BCUT2D eigenvalue weighted by molar-refractivity contribution is -0.118. The van der Waals surface area contributed by atoms with Gasteiger partial charge in [0.05, 0.1) is 12.3 Å². The third-order valence-corrected chi connectivity index (χ3v) is 3.21. The van der Waals surface area contributed by atoms with Crippen LogP contribution in [0, 0.1) is 6.92 Å². The second-order valence-corrected chi connectivity index (χ2v) is 5.19. The van der Waals surface area contributed by atoms with E-state index in [-0.39, 0.29) is 12.5 Å². The van der Waals surface area contributed by atoms with Crippen LogP contribution in [0.4, 0.5) is 5.69 Å². The van der Waals surface area contributed by atoms with Crippen molar-refractivity contribution in [1.82, 2.24) is 0 Å². The van der Waals surface area contributed by atoms with Gasteiger partial charge in [-0.15, -0.1) is 0 Å². The van der Waals surface area contributed by atoms with E-state index < -0.39 is 0 Å². The van der Waals surface area contributed by atoms with Gasteiger partial charge in [0.25, 0.3) is 5.91 Å². The van der Waals surface area contributed by atoms with Crippen LogP contribution < -0.4 is 14.8 Å². The summed E-state index contributed by atoms with van der Waals surface area (Å²) in [6.45, 7) is 5.44. The molecule has 0 aliphatic rings. The van der Waals surface area contributed by atoms with E-state index in [1.165, 1.54) is 0 Å². The second-order valence-electron chi connectivity index (χ2n) is 5.19. The molecule has 0 unspecified atom stereocenters. The minimum absolute atomic E-state index is 0.0588. The van der Waals surface area contributed by atoms with Crippen molar-refractivity contribution in [2.75, 3.05) is 31.7 Å². The fourth-order valence-corrected chi connectivity index (χ4v) is 2.09. The Bertz CT molecular complexity index is 657. The summed E-state index contributed by atoms with van der Waals surface area (Å²) in [5, 5.41) is 2.81. The fraction of sp³-hybridized carbons (Fsp3) is 0.316. The highest BCUT2D eigenvalue weighted by Crippen LogP contribution is 2.23. The van der Waals surface area contributed by atoms with Gasteiger partial charge in [-0.3, -0.25) is 4.79 Å². The maximum atomic E-state index is 12.1. The van der Waals surface area contributed by atoms with E-state index in [4.69, 9.17) is 14.2 Å². The third-order valence-electron chi connectivity index (χ3n) is 3.21. The molecule has 0 fully saturated rings. The SMILES string of the molecule is CCOCCOc1ccccc1NC(=O)COc1cccc(C)c1. The number of nitrogens with one attached hydrogen (secondary N) is 1. The van der Waals surface area contributed by atoms with Crippen LogP contribution in [-0.2, 0) is 9.53 Å². The van der Waals surface area contributed by atoms with Gasteiger partial charge >= 0.3 is 0 Å².